The van der Waals surface area contributed by atoms with E-state index in [1.54, 1.807) is 0 Å². The van der Waals surface area contributed by atoms with E-state index in [-0.39, 0.29) is 55.0 Å². The number of hydrogen-bond acceptors (Lipinski definition) is 7. The van der Waals surface area contributed by atoms with Crippen molar-refractivity contribution in [2.24, 2.45) is 0 Å². The first kappa shape index (κ1) is 40.7. The molecule has 0 bridgehead atoms. The molecule has 6 nitrogen and oxygen atoms in total. The van der Waals surface area contributed by atoms with Crippen molar-refractivity contribution >= 4 is 33.1 Å². The molecule has 0 aromatic heterocycles. The van der Waals surface area contributed by atoms with E-state index in [0.29, 0.717) is 0 Å². The summed E-state index contributed by atoms with van der Waals surface area (Å²) in [7, 11) is -4.34. The zero-order valence-electron chi connectivity index (χ0n) is 28.5. The van der Waals surface area contributed by atoms with Crippen molar-refractivity contribution in [2.75, 3.05) is 5.08 Å². The summed E-state index contributed by atoms with van der Waals surface area (Å²) in [6.45, 7) is 13.6. The summed E-state index contributed by atoms with van der Waals surface area (Å²) < 4.78 is 35.5. The SMILES string of the molecule is CC(C)(C)c1ccc([I+]c2ccc(C(C)(C)C)cc2)cc1.O=S(=O)([O-])CSOO[O-].c1ccc([S+](c2ccccc2)c2ccccc2)cc1. The Morgan fingerprint density at radius 1 is 0.592 bits per heavy atom. The predicted octanol–water partition coefficient (Wildman–Crippen LogP) is 5.55. The van der Waals surface area contributed by atoms with Crippen LogP contribution in [0.15, 0.2) is 154 Å². The Morgan fingerprint density at radius 3 is 1.18 bits per heavy atom. The minimum Gasteiger partial charge on any atom is -0.747 e. The van der Waals surface area contributed by atoms with Crippen LogP contribution in [0.3, 0.4) is 0 Å². The van der Waals surface area contributed by atoms with Crippen molar-refractivity contribution < 1.29 is 48.8 Å². The van der Waals surface area contributed by atoms with E-state index >= 15 is 0 Å². The predicted molar refractivity (Wildman–Crippen MR) is 193 cm³/mol. The molecule has 0 radical (unpaired) electrons. The first-order chi connectivity index (χ1) is 23.2. The fraction of sp³-hybridized carbons (Fsp3) is 0.231. The second kappa shape index (κ2) is 19.6. The van der Waals surface area contributed by atoms with Gasteiger partial charge in [0.2, 0.25) is 0 Å². The van der Waals surface area contributed by atoms with Crippen molar-refractivity contribution in [3.63, 3.8) is 0 Å². The van der Waals surface area contributed by atoms with Crippen LogP contribution in [0.25, 0.3) is 0 Å². The normalized spacial score (nSPS) is 11.6. The number of rotatable bonds is 9. The standard InChI is InChI=1S/C20H26I.C18H15S.CH4O6S2/c1-19(2,3)15-7-11-17(12-8-15)21-18-13-9-16(10-14-18)20(4,5)6;1-4-10-16(11-5-1)19(17-12-6-2-7-13-17)18-14-8-3-9-15-18;2-6-7-8-1-9(3,4)5/h7-14H,1-6H3;1-15H;2H,1H2,(H,3,4,5)/q2*+1;/p-2. The smallest absolute Gasteiger partial charge is 0.357 e. The molecule has 0 aliphatic rings. The lowest BCUT2D eigenvalue weighted by Crippen LogP contribution is -3.61. The molecule has 260 valence electrons. The van der Waals surface area contributed by atoms with Crippen LogP contribution in [0.1, 0.15) is 52.7 Å². The summed E-state index contributed by atoms with van der Waals surface area (Å²) in [5.41, 5.74) is 3.31. The zero-order valence-corrected chi connectivity index (χ0v) is 33.1. The Hall–Kier alpha value is -2.68. The maximum Gasteiger partial charge on any atom is 0.357 e. The molecule has 0 fully saturated rings. The molecular weight excluding hydrogens is 788 g/mol. The second-order valence-electron chi connectivity index (χ2n) is 12.8. The Labute approximate surface area is 309 Å². The average Bonchev–Trinajstić information content (AvgIpc) is 3.06. The van der Waals surface area contributed by atoms with Gasteiger partial charge in [-0.1, -0.05) is 120 Å². The van der Waals surface area contributed by atoms with Gasteiger partial charge in [-0.2, -0.15) is 4.33 Å². The molecule has 0 unspecified atom stereocenters. The van der Waals surface area contributed by atoms with E-state index in [2.05, 4.69) is 190 Å². The van der Waals surface area contributed by atoms with Crippen LogP contribution in [-0.2, 0) is 41.2 Å². The van der Waals surface area contributed by atoms with Gasteiger partial charge in [0.05, 0.1) is 10.9 Å². The quantitative estimate of drug-likeness (QED) is 0.0366. The largest absolute Gasteiger partial charge is 0.747 e. The van der Waals surface area contributed by atoms with E-state index in [1.807, 2.05) is 0 Å². The molecule has 10 heteroatoms. The Bertz CT molecular complexity index is 1610. The van der Waals surface area contributed by atoms with Crippen molar-refractivity contribution in [3.8, 4) is 0 Å². The van der Waals surface area contributed by atoms with E-state index in [1.165, 1.54) is 33.0 Å². The Morgan fingerprint density at radius 2 is 0.918 bits per heavy atom. The van der Waals surface area contributed by atoms with Gasteiger partial charge in [0.1, 0.15) is 15.2 Å². The summed E-state index contributed by atoms with van der Waals surface area (Å²) in [6, 6.07) is 50.6. The lowest BCUT2D eigenvalue weighted by molar-refractivity contribution is -0.777. The Kier molecular flexibility index (Phi) is 16.3. The highest BCUT2D eigenvalue weighted by atomic mass is 127. The number of halogens is 1. The van der Waals surface area contributed by atoms with Crippen molar-refractivity contribution in [1.82, 2.24) is 0 Å². The lowest BCUT2D eigenvalue weighted by Gasteiger charge is -2.18. The molecule has 5 rings (SSSR count). The first-order valence-corrected chi connectivity index (χ1v) is 21.3. The fourth-order valence-electron chi connectivity index (χ4n) is 4.33. The summed E-state index contributed by atoms with van der Waals surface area (Å²) in [5.74, 6) is 0. The van der Waals surface area contributed by atoms with Gasteiger partial charge in [-0.3, -0.25) is 5.04 Å². The minimum absolute atomic E-state index is 0.0146. The van der Waals surface area contributed by atoms with Crippen LogP contribution in [0.2, 0.25) is 0 Å². The maximum atomic E-state index is 9.69. The molecule has 0 heterocycles. The van der Waals surface area contributed by atoms with Gasteiger partial charge in [-0.15, -0.1) is 0 Å². The third kappa shape index (κ3) is 15.0. The molecule has 0 atom stereocenters. The van der Waals surface area contributed by atoms with Crippen LogP contribution in [0.4, 0.5) is 0 Å². The van der Waals surface area contributed by atoms with E-state index in [9.17, 15) is 13.0 Å². The molecule has 5 aromatic rings. The summed E-state index contributed by atoms with van der Waals surface area (Å²) in [6.07, 6.45) is 0. The fourth-order valence-corrected chi connectivity index (χ4v) is 9.26. The first-order valence-electron chi connectivity index (χ1n) is 15.4. The maximum absolute atomic E-state index is 9.69. The van der Waals surface area contributed by atoms with Crippen LogP contribution in [0.5, 0.6) is 0 Å². The zero-order chi connectivity index (χ0) is 35.9. The highest BCUT2D eigenvalue weighted by Gasteiger charge is 2.27. The highest BCUT2D eigenvalue weighted by molar-refractivity contribution is 8.07. The van der Waals surface area contributed by atoms with Gasteiger partial charge in [0, 0.05) is 12.0 Å². The molecule has 49 heavy (non-hydrogen) atoms. The molecule has 0 amide bonds. The number of hydrogen-bond donors (Lipinski definition) is 0. The monoisotopic (exact) mass is 830 g/mol. The minimum atomic E-state index is -4.33. The summed E-state index contributed by atoms with van der Waals surface area (Å²) in [5, 5.41) is 10.9. The van der Waals surface area contributed by atoms with Gasteiger partial charge >= 0.3 is 21.2 Å². The molecular formula is C39H43IO6S3. The van der Waals surface area contributed by atoms with Crippen molar-refractivity contribution in [1.29, 1.82) is 0 Å². The van der Waals surface area contributed by atoms with E-state index < -0.39 is 15.2 Å². The topological polar surface area (TPSA) is 98.7 Å². The summed E-state index contributed by atoms with van der Waals surface area (Å²) >= 11 is 0.0547. The molecule has 5 aromatic carbocycles. The van der Waals surface area contributed by atoms with Gasteiger partial charge in [-0.05, 0) is 82.6 Å². The molecule has 0 N–H and O–H groups in total. The second-order valence-corrected chi connectivity index (χ2v) is 20.3. The van der Waals surface area contributed by atoms with Gasteiger partial charge in [-0.25, -0.2) is 8.42 Å². The third-order valence-electron chi connectivity index (χ3n) is 6.84. The van der Waals surface area contributed by atoms with Gasteiger partial charge < -0.3 is 9.81 Å². The molecule has 0 aliphatic carbocycles. The average molecular weight is 831 g/mol. The molecule has 0 saturated carbocycles. The van der Waals surface area contributed by atoms with E-state index in [4.69, 9.17) is 5.26 Å². The Balaban J connectivity index is 0.000000215. The summed E-state index contributed by atoms with van der Waals surface area (Å²) in [4.78, 5) is 4.08. The lowest BCUT2D eigenvalue weighted by atomic mass is 9.87. The number of benzene rings is 5. The van der Waals surface area contributed by atoms with Crippen LogP contribution < -0.4 is 26.5 Å². The van der Waals surface area contributed by atoms with Crippen LogP contribution >= 0.6 is 12.0 Å². The molecule has 0 spiro atoms. The molecule has 0 saturated heterocycles. The van der Waals surface area contributed by atoms with Crippen LogP contribution in [0, 0.1) is 7.14 Å². The third-order valence-corrected chi connectivity index (χ3v) is 13.4. The van der Waals surface area contributed by atoms with Crippen molar-refractivity contribution in [3.05, 3.63) is 158 Å². The van der Waals surface area contributed by atoms with E-state index in [0.717, 1.165) is 0 Å². The van der Waals surface area contributed by atoms with Gasteiger partial charge in [0.15, 0.2) is 21.8 Å². The van der Waals surface area contributed by atoms with Gasteiger partial charge in [0.25, 0.3) is 0 Å². The van der Waals surface area contributed by atoms with Crippen molar-refractivity contribution in [2.45, 2.75) is 67.1 Å². The van der Waals surface area contributed by atoms with Crippen LogP contribution in [-0.4, -0.2) is 18.1 Å². The molecule has 0 aliphatic heterocycles. The highest BCUT2D eigenvalue weighted by Crippen LogP contribution is 2.30.